The van der Waals surface area contributed by atoms with E-state index in [-0.39, 0.29) is 0 Å². The van der Waals surface area contributed by atoms with Crippen LogP contribution >= 0.6 is 11.6 Å². The van der Waals surface area contributed by atoms with Gasteiger partial charge in [-0.2, -0.15) is 0 Å². The standard InChI is InChI=1S/C13H18ClN.C2H6/c1-9-6-7-15(11(9)3)12-5-4-10(2)13(14)8-12;1-2/h4-5,8-9,11H,6-7H2,1-3H3;1-2H3/t9?,11-;/m0./s1. The Hall–Kier alpha value is -0.690. The molecule has 1 heterocycles. The molecule has 0 N–H and O–H groups in total. The van der Waals surface area contributed by atoms with Crippen molar-refractivity contribution in [1.82, 2.24) is 0 Å². The lowest BCUT2D eigenvalue weighted by Crippen LogP contribution is -2.28. The summed E-state index contributed by atoms with van der Waals surface area (Å²) >= 11 is 6.15. The van der Waals surface area contributed by atoms with E-state index in [0.717, 1.165) is 23.0 Å². The first kappa shape index (κ1) is 14.4. The van der Waals surface area contributed by atoms with Crippen molar-refractivity contribution >= 4 is 17.3 Å². The smallest absolute Gasteiger partial charge is 0.0455 e. The van der Waals surface area contributed by atoms with Crippen molar-refractivity contribution in [2.45, 2.75) is 47.1 Å². The largest absolute Gasteiger partial charge is 0.369 e. The molecule has 1 aliphatic rings. The molecule has 0 bridgehead atoms. The molecule has 2 atom stereocenters. The van der Waals surface area contributed by atoms with Gasteiger partial charge in [-0.15, -0.1) is 0 Å². The molecule has 1 fully saturated rings. The van der Waals surface area contributed by atoms with Crippen molar-refractivity contribution in [2.24, 2.45) is 5.92 Å². The van der Waals surface area contributed by atoms with Gasteiger partial charge in [0.05, 0.1) is 0 Å². The highest BCUT2D eigenvalue weighted by atomic mass is 35.5. The highest BCUT2D eigenvalue weighted by Gasteiger charge is 2.27. The van der Waals surface area contributed by atoms with Crippen LogP contribution in [0.3, 0.4) is 0 Å². The fourth-order valence-electron chi connectivity index (χ4n) is 2.22. The monoisotopic (exact) mass is 253 g/mol. The Balaban J connectivity index is 0.000000686. The van der Waals surface area contributed by atoms with Crippen LogP contribution in [-0.2, 0) is 0 Å². The summed E-state index contributed by atoms with van der Waals surface area (Å²) in [5.41, 5.74) is 2.42. The Morgan fingerprint density at radius 1 is 1.24 bits per heavy atom. The maximum Gasteiger partial charge on any atom is 0.0455 e. The van der Waals surface area contributed by atoms with Crippen molar-refractivity contribution in [2.75, 3.05) is 11.4 Å². The van der Waals surface area contributed by atoms with Gasteiger partial charge in [-0.05, 0) is 43.9 Å². The van der Waals surface area contributed by atoms with E-state index < -0.39 is 0 Å². The molecule has 1 aromatic rings. The molecule has 2 heteroatoms. The zero-order chi connectivity index (χ0) is 13.0. The molecule has 17 heavy (non-hydrogen) atoms. The summed E-state index contributed by atoms with van der Waals surface area (Å²) in [7, 11) is 0. The van der Waals surface area contributed by atoms with Gasteiger partial charge >= 0.3 is 0 Å². The third kappa shape index (κ3) is 3.16. The molecular formula is C15H24ClN. The van der Waals surface area contributed by atoms with E-state index in [1.807, 2.05) is 20.8 Å². The summed E-state index contributed by atoms with van der Waals surface area (Å²) in [6, 6.07) is 7.00. The van der Waals surface area contributed by atoms with Gasteiger partial charge in [0.2, 0.25) is 0 Å². The molecule has 1 aliphatic heterocycles. The highest BCUT2D eigenvalue weighted by molar-refractivity contribution is 6.31. The minimum absolute atomic E-state index is 0.628. The number of nitrogens with zero attached hydrogens (tertiary/aromatic N) is 1. The van der Waals surface area contributed by atoms with Crippen molar-refractivity contribution in [1.29, 1.82) is 0 Å². The summed E-state index contributed by atoms with van der Waals surface area (Å²) in [4.78, 5) is 2.45. The predicted molar refractivity (Wildman–Crippen MR) is 78.1 cm³/mol. The summed E-state index contributed by atoms with van der Waals surface area (Å²) in [6.45, 7) is 11.8. The van der Waals surface area contributed by atoms with E-state index >= 15 is 0 Å². The number of benzene rings is 1. The Morgan fingerprint density at radius 2 is 1.88 bits per heavy atom. The quantitative estimate of drug-likeness (QED) is 0.687. The van der Waals surface area contributed by atoms with Gasteiger partial charge in [0.15, 0.2) is 0 Å². The van der Waals surface area contributed by atoms with Crippen LogP contribution in [0.25, 0.3) is 0 Å². The van der Waals surface area contributed by atoms with Crippen molar-refractivity contribution in [3.05, 3.63) is 28.8 Å². The minimum atomic E-state index is 0.628. The first-order valence-corrected chi connectivity index (χ1v) is 7.00. The van der Waals surface area contributed by atoms with E-state index in [2.05, 4.69) is 36.9 Å². The van der Waals surface area contributed by atoms with Gasteiger partial charge < -0.3 is 4.90 Å². The maximum absolute atomic E-state index is 6.15. The minimum Gasteiger partial charge on any atom is -0.369 e. The van der Waals surface area contributed by atoms with Crippen LogP contribution in [-0.4, -0.2) is 12.6 Å². The van der Waals surface area contributed by atoms with Crippen LogP contribution in [0.4, 0.5) is 5.69 Å². The van der Waals surface area contributed by atoms with E-state index in [1.54, 1.807) is 0 Å². The van der Waals surface area contributed by atoms with Gasteiger partial charge in [-0.1, -0.05) is 38.4 Å². The number of halogens is 1. The lowest BCUT2D eigenvalue weighted by molar-refractivity contribution is 0.546. The molecule has 0 amide bonds. The van der Waals surface area contributed by atoms with Crippen LogP contribution in [0.2, 0.25) is 5.02 Å². The van der Waals surface area contributed by atoms with Crippen LogP contribution < -0.4 is 4.90 Å². The SMILES string of the molecule is CC.Cc1ccc(N2CCC(C)[C@@H]2C)cc1Cl. The van der Waals surface area contributed by atoms with E-state index in [4.69, 9.17) is 11.6 Å². The number of aryl methyl sites for hydroxylation is 1. The van der Waals surface area contributed by atoms with Crippen molar-refractivity contribution < 1.29 is 0 Å². The molecular weight excluding hydrogens is 230 g/mol. The van der Waals surface area contributed by atoms with Crippen molar-refractivity contribution in [3.8, 4) is 0 Å². The molecule has 0 saturated carbocycles. The van der Waals surface area contributed by atoms with Crippen LogP contribution in [0.5, 0.6) is 0 Å². The summed E-state index contributed by atoms with van der Waals surface area (Å²) < 4.78 is 0. The van der Waals surface area contributed by atoms with Gasteiger partial charge in [0.1, 0.15) is 0 Å². The molecule has 1 saturated heterocycles. The molecule has 1 nitrogen and oxygen atoms in total. The normalized spacial score (nSPS) is 23.3. The summed E-state index contributed by atoms with van der Waals surface area (Å²) in [5.74, 6) is 0.782. The average Bonchev–Trinajstić information content (AvgIpc) is 2.67. The Morgan fingerprint density at radius 3 is 2.35 bits per heavy atom. The first-order valence-electron chi connectivity index (χ1n) is 6.62. The van der Waals surface area contributed by atoms with Gasteiger partial charge in [-0.25, -0.2) is 0 Å². The Bertz CT molecular complexity index is 362. The molecule has 0 aliphatic carbocycles. The molecule has 0 spiro atoms. The van der Waals surface area contributed by atoms with Gasteiger partial charge in [0, 0.05) is 23.3 Å². The average molecular weight is 254 g/mol. The number of hydrogen-bond acceptors (Lipinski definition) is 1. The lowest BCUT2D eigenvalue weighted by atomic mass is 10.1. The highest BCUT2D eigenvalue weighted by Crippen LogP contribution is 2.31. The van der Waals surface area contributed by atoms with E-state index in [9.17, 15) is 0 Å². The number of rotatable bonds is 1. The zero-order valence-corrected chi connectivity index (χ0v) is 12.4. The molecule has 0 radical (unpaired) electrons. The van der Waals surface area contributed by atoms with Crippen LogP contribution in [0, 0.1) is 12.8 Å². The summed E-state index contributed by atoms with van der Waals surface area (Å²) in [6.07, 6.45) is 1.28. The van der Waals surface area contributed by atoms with E-state index in [1.165, 1.54) is 12.1 Å². The number of anilines is 1. The molecule has 1 unspecified atom stereocenters. The Labute approximate surface area is 111 Å². The molecule has 0 aromatic heterocycles. The van der Waals surface area contributed by atoms with Crippen LogP contribution in [0.15, 0.2) is 18.2 Å². The molecule has 96 valence electrons. The van der Waals surface area contributed by atoms with Gasteiger partial charge in [-0.3, -0.25) is 0 Å². The second-order valence-corrected chi connectivity index (χ2v) is 5.04. The first-order chi connectivity index (χ1) is 8.09. The molecule has 1 aromatic carbocycles. The lowest BCUT2D eigenvalue weighted by Gasteiger charge is -2.26. The second-order valence-electron chi connectivity index (χ2n) is 4.63. The third-order valence-corrected chi connectivity index (χ3v) is 4.03. The topological polar surface area (TPSA) is 3.24 Å². The summed E-state index contributed by atoms with van der Waals surface area (Å²) in [5, 5.41) is 0.874. The maximum atomic E-state index is 6.15. The third-order valence-electron chi connectivity index (χ3n) is 3.63. The Kier molecular flexibility index (Phi) is 5.32. The number of hydrogen-bond donors (Lipinski definition) is 0. The molecule has 2 rings (SSSR count). The fourth-order valence-corrected chi connectivity index (χ4v) is 2.39. The van der Waals surface area contributed by atoms with Gasteiger partial charge in [0.25, 0.3) is 0 Å². The fraction of sp³-hybridized carbons (Fsp3) is 0.600. The van der Waals surface area contributed by atoms with E-state index in [0.29, 0.717) is 6.04 Å². The zero-order valence-electron chi connectivity index (χ0n) is 11.6. The second kappa shape index (κ2) is 6.30. The van der Waals surface area contributed by atoms with Crippen molar-refractivity contribution in [3.63, 3.8) is 0 Å². The van der Waals surface area contributed by atoms with Crippen LogP contribution in [0.1, 0.15) is 39.7 Å². The predicted octanol–water partition coefficient (Wildman–Crippen LogP) is 4.91.